The Morgan fingerprint density at radius 1 is 1.29 bits per heavy atom. The summed E-state index contributed by atoms with van der Waals surface area (Å²) < 4.78 is 28.2. The zero-order valence-corrected chi connectivity index (χ0v) is 13.8. The fraction of sp³-hybridized carbons (Fsp3) is 0.667. The number of aromatic nitrogens is 1. The molecule has 1 N–H and O–H groups in total. The van der Waals surface area contributed by atoms with Gasteiger partial charge >= 0.3 is 5.97 Å². The second-order valence-electron chi connectivity index (χ2n) is 7.08. The van der Waals surface area contributed by atoms with Gasteiger partial charge in [-0.15, -0.1) is 0 Å². The molecule has 0 bridgehead atoms. The number of alkyl halides is 2. The molecular formula is C18H24F2N2O2. The van der Waals surface area contributed by atoms with Gasteiger partial charge < -0.3 is 5.11 Å². The Morgan fingerprint density at radius 2 is 2.08 bits per heavy atom. The molecule has 6 heteroatoms. The average molecular weight is 338 g/mol. The smallest absolute Gasteiger partial charge is 0.303 e. The van der Waals surface area contributed by atoms with Crippen molar-refractivity contribution < 1.29 is 18.7 Å². The molecule has 2 fully saturated rings. The van der Waals surface area contributed by atoms with Gasteiger partial charge in [0.05, 0.1) is 12.1 Å². The third-order valence-corrected chi connectivity index (χ3v) is 5.38. The number of hydrogen-bond donors (Lipinski definition) is 1. The number of rotatable bonds is 5. The summed E-state index contributed by atoms with van der Waals surface area (Å²) >= 11 is 0. The van der Waals surface area contributed by atoms with Crippen LogP contribution in [-0.4, -0.2) is 40.0 Å². The minimum atomic E-state index is -2.91. The lowest BCUT2D eigenvalue weighted by molar-refractivity contribution is -0.143. The van der Waals surface area contributed by atoms with Gasteiger partial charge in [0, 0.05) is 31.6 Å². The van der Waals surface area contributed by atoms with Crippen LogP contribution in [0.2, 0.25) is 0 Å². The van der Waals surface area contributed by atoms with Gasteiger partial charge in [-0.3, -0.25) is 14.7 Å². The van der Waals surface area contributed by atoms with Crippen molar-refractivity contribution in [2.45, 2.75) is 56.9 Å². The van der Waals surface area contributed by atoms with Crippen LogP contribution in [0.3, 0.4) is 0 Å². The molecule has 0 amide bonds. The van der Waals surface area contributed by atoms with Crippen molar-refractivity contribution in [1.29, 1.82) is 0 Å². The number of carboxylic acids is 1. The Balaban J connectivity index is 1.58. The molecule has 1 aliphatic heterocycles. The number of pyridine rings is 1. The first-order chi connectivity index (χ1) is 11.4. The molecule has 2 aliphatic rings. The summed E-state index contributed by atoms with van der Waals surface area (Å²) in [7, 11) is 0. The predicted octanol–water partition coefficient (Wildman–Crippen LogP) is 3.67. The number of likely N-dealkylation sites (tertiary alicyclic amines) is 1. The second kappa shape index (κ2) is 7.13. The highest BCUT2D eigenvalue weighted by atomic mass is 19.3. The van der Waals surface area contributed by atoms with Crippen molar-refractivity contribution in [3.05, 3.63) is 29.6 Å². The van der Waals surface area contributed by atoms with Crippen molar-refractivity contribution in [2.24, 2.45) is 5.92 Å². The van der Waals surface area contributed by atoms with Crippen LogP contribution >= 0.6 is 0 Å². The van der Waals surface area contributed by atoms with Crippen LogP contribution < -0.4 is 0 Å². The minimum Gasteiger partial charge on any atom is -0.481 e. The van der Waals surface area contributed by atoms with Gasteiger partial charge in [0.25, 0.3) is 5.92 Å². The van der Waals surface area contributed by atoms with E-state index in [2.05, 4.69) is 11.1 Å². The molecule has 0 aromatic carbocycles. The molecule has 132 valence electrons. The standard InChI is InChI=1S/C18H24F2N2O2/c19-18(20)7-9-22(8-6-15(18)10-17(23)24)12-16-5-4-14(11-21-16)13-2-1-3-13/h4-5,11,13,15H,1-3,6-10,12H2,(H,23,24). The molecule has 1 aliphatic carbocycles. The number of halogens is 2. The molecule has 24 heavy (non-hydrogen) atoms. The van der Waals surface area contributed by atoms with Crippen LogP contribution in [0.1, 0.15) is 55.7 Å². The summed E-state index contributed by atoms with van der Waals surface area (Å²) in [6, 6.07) is 4.09. The largest absolute Gasteiger partial charge is 0.481 e. The van der Waals surface area contributed by atoms with E-state index >= 15 is 0 Å². The first kappa shape index (κ1) is 17.3. The van der Waals surface area contributed by atoms with Gasteiger partial charge in [-0.1, -0.05) is 12.5 Å². The Kier molecular flexibility index (Phi) is 5.13. The lowest BCUT2D eigenvalue weighted by Crippen LogP contribution is -2.30. The van der Waals surface area contributed by atoms with E-state index in [1.807, 2.05) is 17.2 Å². The topological polar surface area (TPSA) is 53.4 Å². The van der Waals surface area contributed by atoms with Crippen LogP contribution in [0.4, 0.5) is 8.78 Å². The van der Waals surface area contributed by atoms with E-state index in [0.29, 0.717) is 19.0 Å². The summed E-state index contributed by atoms with van der Waals surface area (Å²) in [6.07, 6.45) is 5.12. The van der Waals surface area contributed by atoms with Gasteiger partial charge in [0.2, 0.25) is 0 Å². The fourth-order valence-electron chi connectivity index (χ4n) is 3.53. The van der Waals surface area contributed by atoms with Crippen molar-refractivity contribution in [1.82, 2.24) is 9.88 Å². The quantitative estimate of drug-likeness (QED) is 0.890. The van der Waals surface area contributed by atoms with Crippen molar-refractivity contribution >= 4 is 5.97 Å². The van der Waals surface area contributed by atoms with E-state index in [9.17, 15) is 13.6 Å². The molecule has 1 saturated heterocycles. The highest BCUT2D eigenvalue weighted by Crippen LogP contribution is 2.37. The molecule has 3 rings (SSSR count). The van der Waals surface area contributed by atoms with E-state index < -0.39 is 24.2 Å². The highest BCUT2D eigenvalue weighted by Gasteiger charge is 2.42. The molecule has 4 nitrogen and oxygen atoms in total. The van der Waals surface area contributed by atoms with Crippen molar-refractivity contribution in [3.8, 4) is 0 Å². The minimum absolute atomic E-state index is 0.208. The molecule has 1 atom stereocenters. The van der Waals surface area contributed by atoms with Gasteiger partial charge in [-0.2, -0.15) is 0 Å². The molecule has 1 unspecified atom stereocenters. The molecule has 1 aromatic heterocycles. The molecule has 2 heterocycles. The second-order valence-corrected chi connectivity index (χ2v) is 7.08. The van der Waals surface area contributed by atoms with Gasteiger partial charge in [0.15, 0.2) is 0 Å². The van der Waals surface area contributed by atoms with Crippen LogP contribution in [0, 0.1) is 5.92 Å². The Hall–Kier alpha value is -1.56. The summed E-state index contributed by atoms with van der Waals surface area (Å²) in [6.45, 7) is 1.30. The maximum atomic E-state index is 14.1. The third kappa shape index (κ3) is 4.09. The first-order valence-corrected chi connectivity index (χ1v) is 8.71. The van der Waals surface area contributed by atoms with Gasteiger partial charge in [-0.05, 0) is 43.4 Å². The Bertz CT molecular complexity index is 573. The SMILES string of the molecule is O=C(O)CC1CCN(Cc2ccc(C3CCC3)cn2)CCC1(F)F. The number of hydrogen-bond acceptors (Lipinski definition) is 3. The van der Waals surface area contributed by atoms with Gasteiger partial charge in [-0.25, -0.2) is 8.78 Å². The zero-order chi connectivity index (χ0) is 17.2. The third-order valence-electron chi connectivity index (χ3n) is 5.38. The summed E-state index contributed by atoms with van der Waals surface area (Å²) in [5.74, 6) is -4.50. The van der Waals surface area contributed by atoms with E-state index in [-0.39, 0.29) is 19.4 Å². The highest BCUT2D eigenvalue weighted by molar-refractivity contribution is 5.67. The normalized spacial score (nSPS) is 25.0. The fourth-order valence-corrected chi connectivity index (χ4v) is 3.53. The van der Waals surface area contributed by atoms with Crippen LogP contribution in [0.15, 0.2) is 18.3 Å². The first-order valence-electron chi connectivity index (χ1n) is 8.71. The van der Waals surface area contributed by atoms with Crippen LogP contribution in [0.5, 0.6) is 0 Å². The maximum Gasteiger partial charge on any atom is 0.303 e. The zero-order valence-electron chi connectivity index (χ0n) is 13.8. The van der Waals surface area contributed by atoms with E-state index in [0.717, 1.165) is 5.69 Å². The Labute approximate surface area is 140 Å². The van der Waals surface area contributed by atoms with Crippen molar-refractivity contribution in [2.75, 3.05) is 13.1 Å². The van der Waals surface area contributed by atoms with E-state index in [1.165, 1.54) is 24.8 Å². The predicted molar refractivity (Wildman–Crippen MR) is 86.0 cm³/mol. The molecule has 1 aromatic rings. The van der Waals surface area contributed by atoms with E-state index in [1.54, 1.807) is 0 Å². The monoisotopic (exact) mass is 338 g/mol. The summed E-state index contributed by atoms with van der Waals surface area (Å²) in [4.78, 5) is 17.2. The number of carboxylic acid groups (broad SMARTS) is 1. The van der Waals surface area contributed by atoms with Crippen LogP contribution in [0.25, 0.3) is 0 Å². The molecule has 0 spiro atoms. The number of nitrogens with zero attached hydrogens (tertiary/aromatic N) is 2. The molecule has 0 radical (unpaired) electrons. The maximum absolute atomic E-state index is 14.1. The summed E-state index contributed by atoms with van der Waals surface area (Å²) in [5, 5.41) is 8.83. The number of aliphatic carboxylic acids is 1. The molecule has 1 saturated carbocycles. The lowest BCUT2D eigenvalue weighted by Gasteiger charge is -2.25. The molecular weight excluding hydrogens is 314 g/mol. The lowest BCUT2D eigenvalue weighted by atomic mass is 9.81. The van der Waals surface area contributed by atoms with Gasteiger partial charge in [0.1, 0.15) is 0 Å². The average Bonchev–Trinajstić information content (AvgIpc) is 2.60. The summed E-state index contributed by atoms with van der Waals surface area (Å²) in [5.41, 5.74) is 2.16. The number of carbonyl (C=O) groups is 1. The van der Waals surface area contributed by atoms with E-state index in [4.69, 9.17) is 5.11 Å². The Morgan fingerprint density at radius 3 is 2.67 bits per heavy atom. The van der Waals surface area contributed by atoms with Crippen molar-refractivity contribution in [3.63, 3.8) is 0 Å². The van der Waals surface area contributed by atoms with Crippen LogP contribution in [-0.2, 0) is 11.3 Å².